The van der Waals surface area contributed by atoms with Gasteiger partial charge in [0.05, 0.1) is 0 Å². The third-order valence-corrected chi connectivity index (χ3v) is 11.4. The average Bonchev–Trinajstić information content (AvgIpc) is 3.30. The Morgan fingerprint density at radius 3 is 0.954 bits per heavy atom. The minimum atomic E-state index is -0.817. The number of esters is 3. The van der Waals surface area contributed by atoms with Crippen LogP contribution in [0.25, 0.3) is 0 Å². The van der Waals surface area contributed by atoms with E-state index in [4.69, 9.17) is 14.2 Å². The molecule has 372 valence electrons. The summed E-state index contributed by atoms with van der Waals surface area (Å²) in [7, 11) is 0. The van der Waals surface area contributed by atoms with E-state index in [1.807, 2.05) is 0 Å². The number of carbonyl (C=O) groups is 3. The van der Waals surface area contributed by atoms with Crippen LogP contribution in [0.4, 0.5) is 0 Å². The Balaban J connectivity index is 4.52. The van der Waals surface area contributed by atoms with Crippen LogP contribution in [0.15, 0.2) is 85.1 Å². The highest BCUT2D eigenvalue weighted by Gasteiger charge is 2.19. The van der Waals surface area contributed by atoms with Crippen LogP contribution in [0.3, 0.4) is 0 Å². The lowest BCUT2D eigenvalue weighted by molar-refractivity contribution is -0.167. The molecule has 0 aromatic heterocycles. The average molecular weight is 905 g/mol. The van der Waals surface area contributed by atoms with Gasteiger partial charge in [0.2, 0.25) is 0 Å². The molecule has 0 unspecified atom stereocenters. The van der Waals surface area contributed by atoms with Crippen LogP contribution in [-0.4, -0.2) is 37.2 Å². The van der Waals surface area contributed by atoms with E-state index >= 15 is 0 Å². The highest BCUT2D eigenvalue weighted by atomic mass is 16.6. The fourth-order valence-electron chi connectivity index (χ4n) is 7.26. The van der Waals surface area contributed by atoms with Gasteiger partial charge in [0, 0.05) is 19.3 Å². The summed E-state index contributed by atoms with van der Waals surface area (Å²) in [6.07, 6.45) is 68.6. The topological polar surface area (TPSA) is 78.9 Å². The summed E-state index contributed by atoms with van der Waals surface area (Å²) in [4.78, 5) is 38.0. The van der Waals surface area contributed by atoms with Crippen molar-refractivity contribution in [1.29, 1.82) is 0 Å². The molecule has 0 spiro atoms. The second kappa shape index (κ2) is 53.2. The van der Waals surface area contributed by atoms with Crippen LogP contribution in [0.5, 0.6) is 0 Å². The smallest absolute Gasteiger partial charge is 0.306 e. The zero-order chi connectivity index (χ0) is 47.2. The van der Waals surface area contributed by atoms with E-state index in [0.29, 0.717) is 19.3 Å². The summed E-state index contributed by atoms with van der Waals surface area (Å²) in [5.74, 6) is -1.00. The number of rotatable bonds is 48. The number of unbranched alkanes of at least 4 members (excludes halogenated alkanes) is 23. The number of carbonyl (C=O) groups excluding carboxylic acids is 3. The molecule has 65 heavy (non-hydrogen) atoms. The van der Waals surface area contributed by atoms with Gasteiger partial charge >= 0.3 is 17.9 Å². The number of hydrogen-bond donors (Lipinski definition) is 0. The maximum absolute atomic E-state index is 12.8. The Bertz CT molecular complexity index is 1270. The summed E-state index contributed by atoms with van der Waals surface area (Å²) in [5, 5.41) is 0. The van der Waals surface area contributed by atoms with Crippen molar-refractivity contribution in [2.24, 2.45) is 0 Å². The van der Waals surface area contributed by atoms with Gasteiger partial charge in [-0.25, -0.2) is 0 Å². The first kappa shape index (κ1) is 61.6. The molecule has 0 saturated heterocycles. The lowest BCUT2D eigenvalue weighted by Crippen LogP contribution is -2.30. The number of hydrogen-bond acceptors (Lipinski definition) is 6. The molecule has 0 saturated carbocycles. The van der Waals surface area contributed by atoms with Crippen molar-refractivity contribution in [3.63, 3.8) is 0 Å². The Morgan fingerprint density at radius 2 is 0.569 bits per heavy atom. The zero-order valence-corrected chi connectivity index (χ0v) is 42.5. The fraction of sp³-hybridized carbons (Fsp3) is 0.712. The Hall–Kier alpha value is -3.41. The molecule has 6 nitrogen and oxygen atoms in total. The molecule has 0 aromatic carbocycles. The largest absolute Gasteiger partial charge is 0.462 e. The molecular formula is C59H100O6. The summed E-state index contributed by atoms with van der Waals surface area (Å²) in [5.41, 5.74) is 0. The summed E-state index contributed by atoms with van der Waals surface area (Å²) in [6.45, 7) is 6.51. The molecule has 0 aromatic rings. The minimum absolute atomic E-state index is 0.107. The van der Waals surface area contributed by atoms with E-state index in [1.165, 1.54) is 128 Å². The molecule has 0 rings (SSSR count). The highest BCUT2D eigenvalue weighted by Crippen LogP contribution is 2.15. The molecule has 0 heterocycles. The van der Waals surface area contributed by atoms with Crippen LogP contribution < -0.4 is 0 Å². The molecule has 6 heteroatoms. The first-order valence-electron chi connectivity index (χ1n) is 27.1. The van der Waals surface area contributed by atoms with Gasteiger partial charge in [-0.15, -0.1) is 0 Å². The predicted octanol–water partition coefficient (Wildman–Crippen LogP) is 18.0. The quantitative estimate of drug-likeness (QED) is 0.0262. The normalized spacial score (nSPS) is 12.7. The van der Waals surface area contributed by atoms with E-state index in [0.717, 1.165) is 70.6 Å². The van der Waals surface area contributed by atoms with E-state index in [-0.39, 0.29) is 44.0 Å². The van der Waals surface area contributed by atoms with Gasteiger partial charge in [-0.3, -0.25) is 14.4 Å². The van der Waals surface area contributed by atoms with Crippen LogP contribution in [0.1, 0.15) is 252 Å². The van der Waals surface area contributed by atoms with Crippen molar-refractivity contribution in [1.82, 2.24) is 0 Å². The van der Waals surface area contributed by atoms with Crippen LogP contribution in [0.2, 0.25) is 0 Å². The summed E-state index contributed by atoms with van der Waals surface area (Å²) in [6, 6.07) is 0. The predicted molar refractivity (Wildman–Crippen MR) is 279 cm³/mol. The lowest BCUT2D eigenvalue weighted by atomic mass is 10.0. The third kappa shape index (κ3) is 51.4. The molecule has 0 bridgehead atoms. The second-order valence-corrected chi connectivity index (χ2v) is 17.8. The maximum atomic E-state index is 12.8. The first-order chi connectivity index (χ1) is 32.0. The van der Waals surface area contributed by atoms with Crippen molar-refractivity contribution in [2.45, 2.75) is 258 Å². The monoisotopic (exact) mass is 905 g/mol. The third-order valence-electron chi connectivity index (χ3n) is 11.4. The molecule has 0 radical (unpaired) electrons. The fourth-order valence-corrected chi connectivity index (χ4v) is 7.26. The maximum Gasteiger partial charge on any atom is 0.306 e. The Kier molecular flexibility index (Phi) is 50.4. The van der Waals surface area contributed by atoms with Gasteiger partial charge in [0.1, 0.15) is 13.2 Å². The number of ether oxygens (including phenoxy) is 3. The van der Waals surface area contributed by atoms with Gasteiger partial charge in [-0.05, 0) is 96.3 Å². The number of allylic oxidation sites excluding steroid dienone is 14. The molecule has 0 N–H and O–H groups in total. The van der Waals surface area contributed by atoms with Gasteiger partial charge < -0.3 is 14.2 Å². The molecular weight excluding hydrogens is 805 g/mol. The lowest BCUT2D eigenvalue weighted by Gasteiger charge is -2.18. The Morgan fingerprint density at radius 1 is 0.308 bits per heavy atom. The van der Waals surface area contributed by atoms with E-state index in [9.17, 15) is 14.4 Å². The van der Waals surface area contributed by atoms with Crippen LogP contribution in [0, 0.1) is 0 Å². The summed E-state index contributed by atoms with van der Waals surface area (Å²) >= 11 is 0. The molecule has 1 atom stereocenters. The van der Waals surface area contributed by atoms with Crippen molar-refractivity contribution >= 4 is 17.9 Å². The molecule has 0 aliphatic heterocycles. The standard InChI is InChI=1S/C59H100O6/c1-4-7-10-13-16-19-22-25-28-29-32-34-37-40-43-46-49-52-58(61)64-55-56(65-59(62)53-50-47-44-41-38-35-31-27-24-21-18-15-12-9-6-3)54-63-57(60)51-48-45-42-39-36-33-30-26-23-20-17-14-11-8-5-2/h16,18-19,21,25,27-28,31-32,34,38,40-41,43,56H,4-15,17,20,22-24,26,29-30,33,35-37,39,42,44-55H2,1-3H3/b19-16-,21-18-,28-25-,31-27-,34-32-,41-38-,43-40-/t56-/m1/s1. The van der Waals surface area contributed by atoms with Gasteiger partial charge in [-0.2, -0.15) is 0 Å². The van der Waals surface area contributed by atoms with Crippen LogP contribution in [-0.2, 0) is 28.6 Å². The first-order valence-corrected chi connectivity index (χ1v) is 27.1. The minimum Gasteiger partial charge on any atom is -0.462 e. The van der Waals surface area contributed by atoms with Crippen molar-refractivity contribution in [3.05, 3.63) is 85.1 Å². The van der Waals surface area contributed by atoms with E-state index in [2.05, 4.69) is 106 Å². The van der Waals surface area contributed by atoms with E-state index < -0.39 is 6.10 Å². The molecule has 0 fully saturated rings. The van der Waals surface area contributed by atoms with E-state index in [1.54, 1.807) is 0 Å². The van der Waals surface area contributed by atoms with Crippen molar-refractivity contribution in [2.75, 3.05) is 13.2 Å². The summed E-state index contributed by atoms with van der Waals surface area (Å²) < 4.78 is 16.7. The van der Waals surface area contributed by atoms with Crippen molar-refractivity contribution in [3.8, 4) is 0 Å². The molecule has 0 amide bonds. The van der Waals surface area contributed by atoms with Crippen molar-refractivity contribution < 1.29 is 28.6 Å². The Labute approximate surface area is 401 Å². The SMILES string of the molecule is CCCCC/C=C\C/C=C\C/C=C\C/C=C\CCCC(=O)OC[C@@H](COC(=O)CCCCCCCCCCCCCCCCC)OC(=O)CCCC/C=C\C/C=C\C/C=C\CCCCC. The van der Waals surface area contributed by atoms with Gasteiger partial charge in [-0.1, -0.05) is 221 Å². The molecule has 0 aliphatic rings. The zero-order valence-electron chi connectivity index (χ0n) is 42.5. The van der Waals surface area contributed by atoms with Gasteiger partial charge in [0.15, 0.2) is 6.10 Å². The van der Waals surface area contributed by atoms with Gasteiger partial charge in [0.25, 0.3) is 0 Å². The molecule has 0 aliphatic carbocycles. The van der Waals surface area contributed by atoms with Crippen LogP contribution >= 0.6 is 0 Å². The second-order valence-electron chi connectivity index (χ2n) is 17.8. The highest BCUT2D eigenvalue weighted by molar-refractivity contribution is 5.71.